The molecule has 2 aromatic carbocycles. The van der Waals surface area contributed by atoms with Crippen LogP contribution >= 0.6 is 0 Å². The highest BCUT2D eigenvalue weighted by Gasteiger charge is 2.25. The van der Waals surface area contributed by atoms with Gasteiger partial charge >= 0.3 is 0 Å². The van der Waals surface area contributed by atoms with E-state index in [2.05, 4.69) is 6.07 Å². The molecule has 5 heteroatoms. The lowest BCUT2D eigenvalue weighted by atomic mass is 9.97. The van der Waals surface area contributed by atoms with E-state index in [0.717, 1.165) is 67.8 Å². The van der Waals surface area contributed by atoms with Gasteiger partial charge in [0, 0.05) is 43.2 Å². The molecule has 0 aromatic heterocycles. The summed E-state index contributed by atoms with van der Waals surface area (Å²) in [5, 5.41) is 0. The Hall–Kier alpha value is -2.82. The van der Waals surface area contributed by atoms with Crippen LogP contribution in [0.25, 0.3) is 0 Å². The van der Waals surface area contributed by atoms with Crippen molar-refractivity contribution in [3.63, 3.8) is 0 Å². The van der Waals surface area contributed by atoms with Crippen LogP contribution < -0.4 is 4.74 Å². The molecule has 5 nitrogen and oxygen atoms in total. The predicted molar refractivity (Wildman–Crippen MR) is 122 cm³/mol. The molecule has 0 radical (unpaired) electrons. The van der Waals surface area contributed by atoms with E-state index >= 15 is 0 Å². The Morgan fingerprint density at radius 3 is 2.29 bits per heavy atom. The third-order valence-electron chi connectivity index (χ3n) is 6.23. The van der Waals surface area contributed by atoms with Crippen LogP contribution in [0.4, 0.5) is 0 Å². The fraction of sp³-hybridized carbons (Fsp3) is 0.462. The Morgan fingerprint density at radius 1 is 0.871 bits per heavy atom. The van der Waals surface area contributed by atoms with E-state index < -0.39 is 0 Å². The summed E-state index contributed by atoms with van der Waals surface area (Å²) in [4.78, 5) is 29.5. The second kappa shape index (κ2) is 9.54. The summed E-state index contributed by atoms with van der Waals surface area (Å²) in [6.45, 7) is 7.80. The maximum atomic E-state index is 13.0. The van der Waals surface area contributed by atoms with Gasteiger partial charge in [-0.05, 0) is 69.9 Å². The molecule has 2 heterocycles. The summed E-state index contributed by atoms with van der Waals surface area (Å²) in [5.41, 5.74) is 3.69. The number of carbonyl (C=O) groups excluding carboxylic acids is 2. The Labute approximate surface area is 185 Å². The molecular formula is C26H32N2O3. The molecule has 4 rings (SSSR count). The number of rotatable bonds is 5. The number of nitrogens with zero attached hydrogens (tertiary/aromatic N) is 2. The molecule has 0 saturated carbocycles. The Bertz CT molecular complexity index is 929. The van der Waals surface area contributed by atoms with Crippen molar-refractivity contribution >= 4 is 11.8 Å². The molecule has 0 unspecified atom stereocenters. The molecule has 2 amide bonds. The van der Waals surface area contributed by atoms with Crippen LogP contribution in [0.3, 0.4) is 0 Å². The number of carbonyl (C=O) groups is 2. The number of amides is 2. The van der Waals surface area contributed by atoms with Crippen molar-refractivity contribution < 1.29 is 14.3 Å². The second-order valence-corrected chi connectivity index (χ2v) is 8.97. The maximum absolute atomic E-state index is 13.0. The molecule has 1 atom stereocenters. The number of ether oxygens (including phenoxy) is 1. The molecule has 2 saturated heterocycles. The van der Waals surface area contributed by atoms with E-state index in [0.29, 0.717) is 24.6 Å². The number of hydrogen-bond donors (Lipinski definition) is 0. The minimum atomic E-state index is 0.0887. The van der Waals surface area contributed by atoms with Crippen molar-refractivity contribution in [3.8, 4) is 5.75 Å². The van der Waals surface area contributed by atoms with Gasteiger partial charge in [-0.15, -0.1) is 0 Å². The number of benzene rings is 2. The molecule has 0 bridgehead atoms. The first kappa shape index (κ1) is 21.4. The number of hydrogen-bond acceptors (Lipinski definition) is 3. The average molecular weight is 421 g/mol. The molecule has 2 aliphatic heterocycles. The first-order valence-corrected chi connectivity index (χ1v) is 11.4. The van der Waals surface area contributed by atoms with Gasteiger partial charge in [0.1, 0.15) is 5.75 Å². The zero-order valence-electron chi connectivity index (χ0n) is 18.6. The fourth-order valence-corrected chi connectivity index (χ4v) is 4.70. The molecule has 0 N–H and O–H groups in total. The monoisotopic (exact) mass is 420 g/mol. The molecule has 31 heavy (non-hydrogen) atoms. The van der Waals surface area contributed by atoms with Gasteiger partial charge in [0.25, 0.3) is 11.8 Å². The van der Waals surface area contributed by atoms with Gasteiger partial charge < -0.3 is 14.5 Å². The highest BCUT2D eigenvalue weighted by molar-refractivity contribution is 5.95. The van der Waals surface area contributed by atoms with Gasteiger partial charge in [-0.25, -0.2) is 0 Å². The zero-order valence-corrected chi connectivity index (χ0v) is 18.6. The topological polar surface area (TPSA) is 49.9 Å². The quantitative estimate of drug-likeness (QED) is 0.717. The highest BCUT2D eigenvalue weighted by Crippen LogP contribution is 2.23. The Balaban J connectivity index is 1.35. The van der Waals surface area contributed by atoms with E-state index in [9.17, 15) is 9.59 Å². The van der Waals surface area contributed by atoms with E-state index in [-0.39, 0.29) is 11.8 Å². The Morgan fingerprint density at radius 2 is 1.55 bits per heavy atom. The summed E-state index contributed by atoms with van der Waals surface area (Å²) in [6, 6.07) is 13.5. The van der Waals surface area contributed by atoms with Crippen molar-refractivity contribution in [3.05, 3.63) is 64.7 Å². The molecule has 2 aliphatic rings. The van der Waals surface area contributed by atoms with E-state index in [1.807, 2.05) is 60.0 Å². The third kappa shape index (κ3) is 5.27. The van der Waals surface area contributed by atoms with Crippen molar-refractivity contribution in [2.75, 3.05) is 32.8 Å². The van der Waals surface area contributed by atoms with E-state index in [1.54, 1.807) is 0 Å². The van der Waals surface area contributed by atoms with Crippen LogP contribution in [0.15, 0.2) is 42.5 Å². The number of piperidine rings is 1. The zero-order chi connectivity index (χ0) is 21.8. The summed E-state index contributed by atoms with van der Waals surface area (Å²) < 4.78 is 6.06. The van der Waals surface area contributed by atoms with Gasteiger partial charge in [0.15, 0.2) is 0 Å². The lowest BCUT2D eigenvalue weighted by Gasteiger charge is -2.33. The van der Waals surface area contributed by atoms with Crippen LogP contribution in [0.5, 0.6) is 5.75 Å². The normalized spacial score (nSPS) is 18.8. The Kier molecular flexibility index (Phi) is 6.59. The minimum Gasteiger partial charge on any atom is -0.493 e. The minimum absolute atomic E-state index is 0.0887. The van der Waals surface area contributed by atoms with Gasteiger partial charge in [-0.3, -0.25) is 9.59 Å². The van der Waals surface area contributed by atoms with Crippen molar-refractivity contribution in [2.45, 2.75) is 39.5 Å². The summed E-state index contributed by atoms with van der Waals surface area (Å²) in [7, 11) is 0. The molecular weight excluding hydrogens is 388 g/mol. The maximum Gasteiger partial charge on any atom is 0.253 e. The van der Waals surface area contributed by atoms with Gasteiger partial charge in [-0.2, -0.15) is 0 Å². The van der Waals surface area contributed by atoms with Gasteiger partial charge in [0.05, 0.1) is 6.61 Å². The number of aryl methyl sites for hydroxylation is 2. The first-order chi connectivity index (χ1) is 15.0. The SMILES string of the molecule is Cc1cc(C)cc(C(=O)N2CCC[C@H](COc3cccc(C(=O)N4CCCC4)c3)C2)c1. The second-order valence-electron chi connectivity index (χ2n) is 8.97. The van der Waals surface area contributed by atoms with Crippen LogP contribution in [-0.4, -0.2) is 54.4 Å². The smallest absolute Gasteiger partial charge is 0.253 e. The van der Waals surface area contributed by atoms with E-state index in [1.165, 1.54) is 0 Å². The van der Waals surface area contributed by atoms with Crippen LogP contribution in [0, 0.1) is 19.8 Å². The van der Waals surface area contributed by atoms with Gasteiger partial charge in [-0.1, -0.05) is 23.3 Å². The van der Waals surface area contributed by atoms with Crippen LogP contribution in [0.1, 0.15) is 57.5 Å². The lowest BCUT2D eigenvalue weighted by Crippen LogP contribution is -2.41. The highest BCUT2D eigenvalue weighted by atomic mass is 16.5. The van der Waals surface area contributed by atoms with Gasteiger partial charge in [0.2, 0.25) is 0 Å². The first-order valence-electron chi connectivity index (χ1n) is 11.4. The largest absolute Gasteiger partial charge is 0.493 e. The van der Waals surface area contributed by atoms with Crippen LogP contribution in [-0.2, 0) is 0 Å². The molecule has 2 fully saturated rings. The number of likely N-dealkylation sites (tertiary alicyclic amines) is 2. The summed E-state index contributed by atoms with van der Waals surface area (Å²) in [5.74, 6) is 1.21. The molecule has 0 spiro atoms. The summed E-state index contributed by atoms with van der Waals surface area (Å²) >= 11 is 0. The summed E-state index contributed by atoms with van der Waals surface area (Å²) in [6.07, 6.45) is 4.20. The van der Waals surface area contributed by atoms with Crippen molar-refractivity contribution in [1.29, 1.82) is 0 Å². The molecule has 164 valence electrons. The predicted octanol–water partition coefficient (Wildman–Crippen LogP) is 4.47. The average Bonchev–Trinajstić information content (AvgIpc) is 3.31. The van der Waals surface area contributed by atoms with Crippen molar-refractivity contribution in [1.82, 2.24) is 9.80 Å². The standard InChI is InChI=1S/C26H32N2O3/c1-19-13-20(2)15-23(14-19)26(30)28-12-6-7-21(17-28)18-31-24-9-5-8-22(16-24)25(29)27-10-3-4-11-27/h5,8-9,13-16,21H,3-4,6-7,10-12,17-18H2,1-2H3/t21-/m0/s1. The third-order valence-corrected chi connectivity index (χ3v) is 6.23. The van der Waals surface area contributed by atoms with Crippen molar-refractivity contribution in [2.24, 2.45) is 5.92 Å². The van der Waals surface area contributed by atoms with E-state index in [4.69, 9.17) is 4.74 Å². The van der Waals surface area contributed by atoms with Crippen LogP contribution in [0.2, 0.25) is 0 Å². The lowest BCUT2D eigenvalue weighted by molar-refractivity contribution is 0.0632. The molecule has 0 aliphatic carbocycles. The molecule has 2 aromatic rings. The fourth-order valence-electron chi connectivity index (χ4n) is 4.70.